The molecule has 452 valence electrons. The lowest BCUT2D eigenvalue weighted by atomic mass is 9.96. The molecule has 0 aromatic heterocycles. The van der Waals surface area contributed by atoms with E-state index in [-0.39, 0.29) is 100 Å². The average Bonchev–Trinajstić information content (AvgIpc) is 4.15. The number of hydrogen-bond donors (Lipinski definition) is 9. The Balaban J connectivity index is 0.000000326. The number of rotatable bonds is 25. The second-order valence-electron chi connectivity index (χ2n) is 20.9. The molecule has 27 heteroatoms. The highest BCUT2D eigenvalue weighted by Gasteiger charge is 2.46. The van der Waals surface area contributed by atoms with Crippen LogP contribution in [-0.2, 0) is 75.1 Å². The monoisotopic (exact) mass is 1140 g/mol. The Kier molecular flexibility index (Phi) is 28.4. The molecule has 1 aromatic carbocycles. The van der Waals surface area contributed by atoms with Crippen LogP contribution in [0.15, 0.2) is 18.2 Å². The molecule has 5 atom stereocenters. The normalized spacial score (nSPS) is 21.1. The molecule has 5 aliphatic rings. The zero-order valence-corrected chi connectivity index (χ0v) is 47.3. The van der Waals surface area contributed by atoms with Crippen molar-refractivity contribution in [1.82, 2.24) is 46.2 Å². The van der Waals surface area contributed by atoms with Gasteiger partial charge in [0.15, 0.2) is 0 Å². The summed E-state index contributed by atoms with van der Waals surface area (Å²) in [7, 11) is 0. The van der Waals surface area contributed by atoms with Gasteiger partial charge in [-0.05, 0) is 68.7 Å². The molecule has 5 heterocycles. The van der Waals surface area contributed by atoms with E-state index in [2.05, 4.69) is 31.5 Å². The number of benzene rings is 1. The number of carbonyl (C=O) groups excluding carboxylic acids is 8. The molecule has 81 heavy (non-hydrogen) atoms. The number of carboxylic acid groups (broad SMARTS) is 3. The molecule has 0 spiro atoms. The fraction of sp³-hybridized carbons (Fsp3) is 0.685. The lowest BCUT2D eigenvalue weighted by Gasteiger charge is -2.35. The largest absolute Gasteiger partial charge is 0.481 e. The number of ether oxygens (including phenoxy) is 2. The zero-order valence-electron chi connectivity index (χ0n) is 47.3. The number of aliphatic carboxylic acids is 3. The highest BCUT2D eigenvalue weighted by molar-refractivity contribution is 6.08. The molecule has 27 nitrogen and oxygen atoms in total. The molecule has 10 N–H and O–H groups in total. The number of amides is 7. The summed E-state index contributed by atoms with van der Waals surface area (Å²) in [6, 6.07) is 3.76. The summed E-state index contributed by atoms with van der Waals surface area (Å²) in [5, 5.41) is 39.7. The minimum atomic E-state index is -0.901. The smallest absolute Gasteiger partial charge is 0.317 e. The minimum absolute atomic E-state index is 0.0174. The number of aryl methyl sites for hydroxylation is 1. The number of para-hydroxylation sites is 1. The zero-order chi connectivity index (χ0) is 59.6. The summed E-state index contributed by atoms with van der Waals surface area (Å²) in [4.78, 5) is 139. The Morgan fingerprint density at radius 1 is 0.691 bits per heavy atom. The number of primary amides is 1. The molecule has 1 aromatic rings. The number of carbonyl (C=O) groups is 11. The van der Waals surface area contributed by atoms with E-state index >= 15 is 0 Å². The molecule has 5 unspecified atom stereocenters. The second kappa shape index (κ2) is 34.5. The van der Waals surface area contributed by atoms with E-state index < -0.39 is 60.1 Å². The van der Waals surface area contributed by atoms with E-state index in [1.807, 2.05) is 46.7 Å². The molecular formula is C54H85N11O16. The summed E-state index contributed by atoms with van der Waals surface area (Å²) >= 11 is 0. The molecule has 7 amide bonds. The van der Waals surface area contributed by atoms with Crippen LogP contribution >= 0.6 is 0 Å². The van der Waals surface area contributed by atoms with Crippen LogP contribution in [0.1, 0.15) is 96.6 Å². The second-order valence-corrected chi connectivity index (χ2v) is 20.9. The number of nitrogens with two attached hydrogens (primary N) is 1. The van der Waals surface area contributed by atoms with Crippen LogP contribution in [0.2, 0.25) is 0 Å². The van der Waals surface area contributed by atoms with Gasteiger partial charge in [0.2, 0.25) is 47.6 Å². The van der Waals surface area contributed by atoms with Gasteiger partial charge in [0.1, 0.15) is 18.1 Å². The number of esters is 1. The summed E-state index contributed by atoms with van der Waals surface area (Å²) in [5.41, 5.74) is 7.69. The summed E-state index contributed by atoms with van der Waals surface area (Å²) in [6.45, 7) is 13.8. The van der Waals surface area contributed by atoms with Crippen molar-refractivity contribution in [1.29, 1.82) is 0 Å². The molecule has 0 radical (unpaired) electrons. The number of anilines is 1. The van der Waals surface area contributed by atoms with Crippen molar-refractivity contribution >= 4 is 70.9 Å². The topological polar surface area (TPSA) is 369 Å². The van der Waals surface area contributed by atoms with Crippen LogP contribution in [0.4, 0.5) is 5.69 Å². The number of piperidine rings is 1. The maximum Gasteiger partial charge on any atom is 0.317 e. The van der Waals surface area contributed by atoms with Crippen LogP contribution in [0, 0.1) is 11.8 Å². The molecule has 0 aliphatic carbocycles. The van der Waals surface area contributed by atoms with Crippen LogP contribution in [0.3, 0.4) is 0 Å². The summed E-state index contributed by atoms with van der Waals surface area (Å²) in [6.07, 6.45) is 3.99. The molecule has 5 aliphatic heterocycles. The first-order valence-electron chi connectivity index (χ1n) is 28.1. The predicted octanol–water partition coefficient (Wildman–Crippen LogP) is -1.51. The fourth-order valence-electron chi connectivity index (χ4n) is 9.92. The van der Waals surface area contributed by atoms with Crippen molar-refractivity contribution in [2.45, 2.75) is 123 Å². The third-order valence-electron chi connectivity index (χ3n) is 14.5. The summed E-state index contributed by atoms with van der Waals surface area (Å²) in [5.74, 6) is -4.63. The Morgan fingerprint density at radius 3 is 1.85 bits per heavy atom. The quantitative estimate of drug-likeness (QED) is 0.0503. The van der Waals surface area contributed by atoms with E-state index in [0.717, 1.165) is 55.7 Å². The van der Waals surface area contributed by atoms with Gasteiger partial charge in [-0.15, -0.1) is 0 Å². The Hall–Kier alpha value is -6.81. The van der Waals surface area contributed by atoms with E-state index in [9.17, 15) is 63.0 Å². The van der Waals surface area contributed by atoms with Gasteiger partial charge < -0.3 is 62.0 Å². The van der Waals surface area contributed by atoms with Crippen molar-refractivity contribution in [2.24, 2.45) is 17.6 Å². The predicted molar refractivity (Wildman–Crippen MR) is 293 cm³/mol. The van der Waals surface area contributed by atoms with E-state index in [1.165, 1.54) is 0 Å². The van der Waals surface area contributed by atoms with E-state index in [1.54, 1.807) is 18.7 Å². The van der Waals surface area contributed by atoms with E-state index in [0.29, 0.717) is 77.5 Å². The first-order chi connectivity index (χ1) is 38.6. The highest BCUT2D eigenvalue weighted by atomic mass is 16.7. The maximum absolute atomic E-state index is 13.7. The molecule has 6 rings (SSSR count). The average molecular weight is 1140 g/mol. The van der Waals surface area contributed by atoms with Crippen LogP contribution in [-0.4, -0.2) is 229 Å². The highest BCUT2D eigenvalue weighted by Crippen LogP contribution is 2.39. The van der Waals surface area contributed by atoms with Gasteiger partial charge in [-0.25, -0.2) is 0 Å². The lowest BCUT2D eigenvalue weighted by molar-refractivity contribution is -0.164. The van der Waals surface area contributed by atoms with Crippen molar-refractivity contribution < 1.29 is 77.5 Å². The van der Waals surface area contributed by atoms with Gasteiger partial charge in [-0.1, -0.05) is 45.4 Å². The van der Waals surface area contributed by atoms with Gasteiger partial charge in [0, 0.05) is 97.6 Å². The molecule has 3 fully saturated rings. The van der Waals surface area contributed by atoms with Gasteiger partial charge in [0.25, 0.3) is 0 Å². The number of nitrogens with zero attached hydrogens (tertiary/aromatic N) is 5. The Morgan fingerprint density at radius 2 is 1.27 bits per heavy atom. The third-order valence-corrected chi connectivity index (χ3v) is 14.5. The number of hydrogen-bond acceptors (Lipinski definition) is 17. The van der Waals surface area contributed by atoms with Crippen LogP contribution in [0.25, 0.3) is 0 Å². The van der Waals surface area contributed by atoms with Crippen molar-refractivity contribution in [3.63, 3.8) is 0 Å². The molecule has 0 saturated carbocycles. The standard InChI is InChI=1S/C26H46N8O8.C25H33N3O6.C3H6O2/c27-21(35)1-5-28-22(36)2-6-29-23(37)15-30-24(38)17-31-7-3-20(4-8-31)16-32-9-11-33(18-25(39)40)13-14-34(12-10-32)19-26(41)42;1-4-14(3)11-20(29)26-17-10-9-15-7-6-8-16-12-19(28(22(15)16)24(17)32)23(31)27-18-13-21(30)34-25(18)33-5-2;1-2-3(4)5/h20H,1-19H2,(H2,27,35)(H,28,36)(H,29,37)(H,30,38)(H,39,40)(H,41,42);6-8,14,17-19,25H,4-5,9-13H2,1-3H3,(H,26,29)(H,27,31);2H2,1H3,(H,4,5). The third kappa shape index (κ3) is 23.7. The minimum Gasteiger partial charge on any atom is -0.481 e. The first kappa shape index (κ1) is 66.7. The summed E-state index contributed by atoms with van der Waals surface area (Å²) < 4.78 is 10.6. The first-order valence-corrected chi connectivity index (χ1v) is 28.1. The fourth-order valence-corrected chi connectivity index (χ4v) is 9.92. The van der Waals surface area contributed by atoms with Gasteiger partial charge in [0.05, 0.1) is 38.3 Å². The SMILES string of the molecule is CCC(=O)O.CCOC1OC(=O)CC1NC(=O)C1Cc2cccc3c2N1C(=O)C(NC(=O)CC(C)CC)CC3.NC(=O)CCNC(=O)CCNC(=O)CNC(=O)CN1CCC(CN2CCN(CC(=O)O)CCN(CC(=O)O)CC2)CC1. The van der Waals surface area contributed by atoms with Crippen molar-refractivity contribution in [3.05, 3.63) is 29.3 Å². The molecular weight excluding hydrogens is 1060 g/mol. The number of likely N-dealkylation sites (tertiary alicyclic amines) is 1. The molecule has 3 saturated heterocycles. The Labute approximate surface area is 472 Å². The van der Waals surface area contributed by atoms with Gasteiger partial charge in [-0.3, -0.25) is 72.3 Å². The van der Waals surface area contributed by atoms with Gasteiger partial charge in [-0.2, -0.15) is 0 Å². The Bertz CT molecular complexity index is 2310. The van der Waals surface area contributed by atoms with E-state index in [4.69, 9.17) is 20.3 Å². The number of cyclic esters (lactones) is 1. The van der Waals surface area contributed by atoms with Crippen LogP contribution < -0.4 is 37.2 Å². The number of nitrogens with one attached hydrogen (secondary N) is 5. The molecule has 0 bridgehead atoms. The number of carboxylic acids is 3. The van der Waals surface area contributed by atoms with Crippen LogP contribution in [0.5, 0.6) is 0 Å². The van der Waals surface area contributed by atoms with Gasteiger partial charge >= 0.3 is 23.9 Å². The van der Waals surface area contributed by atoms with Crippen molar-refractivity contribution in [3.8, 4) is 0 Å². The lowest BCUT2D eigenvalue weighted by Crippen LogP contribution is -2.56. The van der Waals surface area contributed by atoms with Crippen molar-refractivity contribution in [2.75, 3.05) is 110 Å². The maximum atomic E-state index is 13.7.